The van der Waals surface area contributed by atoms with Crippen molar-refractivity contribution in [2.45, 2.75) is 58.0 Å². The summed E-state index contributed by atoms with van der Waals surface area (Å²) in [5.74, 6) is -1.86. The Morgan fingerprint density at radius 2 is 1.82 bits per heavy atom. The molecule has 232 valence electrons. The highest BCUT2D eigenvalue weighted by molar-refractivity contribution is 5.98. The van der Waals surface area contributed by atoms with E-state index in [1.165, 1.54) is 6.33 Å². The van der Waals surface area contributed by atoms with Crippen LogP contribution in [0.5, 0.6) is 0 Å². The molecule has 2 amide bonds. The summed E-state index contributed by atoms with van der Waals surface area (Å²) in [4.78, 5) is 35.5. The molecule has 14 heteroatoms. The number of nitrogen functional groups attached to an aromatic ring is 1. The van der Waals surface area contributed by atoms with E-state index in [0.29, 0.717) is 53.1 Å². The van der Waals surface area contributed by atoms with Crippen molar-refractivity contribution in [3.05, 3.63) is 71.3 Å². The maximum Gasteiger partial charge on any atom is 0.416 e. The van der Waals surface area contributed by atoms with E-state index < -0.39 is 40.7 Å². The smallest absolute Gasteiger partial charge is 0.416 e. The molecule has 1 atom stereocenters. The van der Waals surface area contributed by atoms with Crippen LogP contribution in [0.15, 0.2) is 48.8 Å². The third-order valence-electron chi connectivity index (χ3n) is 7.13. The molecule has 5 rings (SSSR count). The van der Waals surface area contributed by atoms with Gasteiger partial charge in [0.1, 0.15) is 29.3 Å². The molecule has 0 radical (unpaired) electrons. The van der Waals surface area contributed by atoms with E-state index in [2.05, 4.69) is 15.3 Å². The minimum atomic E-state index is -4.72. The number of carbonyl (C=O) groups is 2. The Hall–Kier alpha value is -4.75. The number of halogens is 4. The predicted octanol–water partition coefficient (Wildman–Crippen LogP) is 5.74. The SMILES string of the molecule is CC(C)(C)OC(=O)N1CCC[C@@H](n2nc(-c3ccc(CNC(=O)c4ccc(C(F)(F)F)cc4F)cc3)c3c(N)ncnc32)C1. The van der Waals surface area contributed by atoms with Crippen molar-refractivity contribution in [3.63, 3.8) is 0 Å². The Kier molecular flexibility index (Phi) is 8.19. The maximum absolute atomic E-state index is 14.2. The first-order valence-corrected chi connectivity index (χ1v) is 13.9. The van der Waals surface area contributed by atoms with E-state index in [0.717, 1.165) is 18.9 Å². The number of nitrogens with zero attached hydrogens (tertiary/aromatic N) is 5. The summed E-state index contributed by atoms with van der Waals surface area (Å²) in [6.07, 6.45) is -2.24. The van der Waals surface area contributed by atoms with Crippen LogP contribution in [-0.4, -0.2) is 55.3 Å². The van der Waals surface area contributed by atoms with Crippen molar-refractivity contribution < 1.29 is 31.9 Å². The number of hydrogen-bond donors (Lipinski definition) is 2. The van der Waals surface area contributed by atoms with Crippen molar-refractivity contribution in [2.75, 3.05) is 18.8 Å². The molecule has 3 N–H and O–H groups in total. The maximum atomic E-state index is 14.2. The van der Waals surface area contributed by atoms with Gasteiger partial charge in [-0.2, -0.15) is 18.3 Å². The number of piperidine rings is 1. The molecule has 0 aliphatic carbocycles. The predicted molar refractivity (Wildman–Crippen MR) is 154 cm³/mol. The third-order valence-corrected chi connectivity index (χ3v) is 7.13. The average molecular weight is 614 g/mol. The largest absolute Gasteiger partial charge is 0.444 e. The van der Waals surface area contributed by atoms with Gasteiger partial charge >= 0.3 is 12.3 Å². The van der Waals surface area contributed by atoms with Crippen LogP contribution in [0.3, 0.4) is 0 Å². The standard InChI is InChI=1S/C30H31F4N7O3/c1-29(2,3)44-28(43)40-12-4-5-20(15-40)41-26-23(25(35)37-16-38-26)24(39-41)18-8-6-17(7-9-18)14-36-27(42)21-11-10-19(13-22(21)31)30(32,33)34/h6-11,13,16,20H,4-5,12,14-15H2,1-3H3,(H,36,42)(H2,35,37,38)/t20-/m1/s1. The fraction of sp³-hybridized carbons (Fsp3) is 0.367. The van der Waals surface area contributed by atoms with Crippen LogP contribution < -0.4 is 11.1 Å². The van der Waals surface area contributed by atoms with E-state index in [4.69, 9.17) is 15.6 Å². The second-order valence-electron chi connectivity index (χ2n) is 11.5. The number of amides is 2. The number of alkyl halides is 3. The number of likely N-dealkylation sites (tertiary alicyclic amines) is 1. The number of rotatable bonds is 5. The Morgan fingerprint density at radius 3 is 2.48 bits per heavy atom. The van der Waals surface area contributed by atoms with Crippen LogP contribution in [-0.2, 0) is 17.5 Å². The van der Waals surface area contributed by atoms with Crippen LogP contribution in [0.25, 0.3) is 22.3 Å². The Bertz CT molecular complexity index is 1700. The summed E-state index contributed by atoms with van der Waals surface area (Å²) in [7, 11) is 0. The van der Waals surface area contributed by atoms with Crippen molar-refractivity contribution >= 4 is 28.9 Å². The summed E-state index contributed by atoms with van der Waals surface area (Å²) in [6, 6.07) is 8.59. The minimum absolute atomic E-state index is 0.00257. The normalized spacial score (nSPS) is 15.8. The number of ether oxygens (including phenoxy) is 1. The highest BCUT2D eigenvalue weighted by Gasteiger charge is 2.32. The van der Waals surface area contributed by atoms with E-state index in [1.807, 2.05) is 20.8 Å². The van der Waals surface area contributed by atoms with Gasteiger partial charge in [0.15, 0.2) is 5.65 Å². The molecule has 0 bridgehead atoms. The van der Waals surface area contributed by atoms with E-state index in [9.17, 15) is 27.2 Å². The van der Waals surface area contributed by atoms with Crippen molar-refractivity contribution in [1.82, 2.24) is 30.0 Å². The highest BCUT2D eigenvalue weighted by atomic mass is 19.4. The molecule has 4 aromatic rings. The third kappa shape index (κ3) is 6.58. The van der Waals surface area contributed by atoms with Gasteiger partial charge in [0.25, 0.3) is 5.91 Å². The quantitative estimate of drug-likeness (QED) is 0.275. The molecule has 44 heavy (non-hydrogen) atoms. The summed E-state index contributed by atoms with van der Waals surface area (Å²) >= 11 is 0. The molecule has 1 fully saturated rings. The number of carbonyl (C=O) groups excluding carboxylic acids is 2. The van der Waals surface area contributed by atoms with E-state index >= 15 is 0 Å². The monoisotopic (exact) mass is 613 g/mol. The van der Waals surface area contributed by atoms with Gasteiger partial charge in [-0.05, 0) is 57.4 Å². The number of hydrogen-bond acceptors (Lipinski definition) is 7. The summed E-state index contributed by atoms with van der Waals surface area (Å²) in [5, 5.41) is 7.93. The van der Waals surface area contributed by atoms with Gasteiger partial charge in [0.2, 0.25) is 0 Å². The molecular weight excluding hydrogens is 582 g/mol. The lowest BCUT2D eigenvalue weighted by Gasteiger charge is -2.34. The van der Waals surface area contributed by atoms with Crippen LogP contribution in [0.4, 0.5) is 28.2 Å². The number of nitrogens with one attached hydrogen (secondary N) is 1. The topological polar surface area (TPSA) is 128 Å². The summed E-state index contributed by atoms with van der Waals surface area (Å²) in [5.41, 5.74) is 6.39. The lowest BCUT2D eigenvalue weighted by atomic mass is 10.1. The molecule has 2 aromatic carbocycles. The van der Waals surface area contributed by atoms with Gasteiger partial charge in [-0.15, -0.1) is 0 Å². The first-order valence-electron chi connectivity index (χ1n) is 13.9. The molecule has 0 saturated carbocycles. The second kappa shape index (κ2) is 11.7. The van der Waals surface area contributed by atoms with Gasteiger partial charge < -0.3 is 20.7 Å². The number of fused-ring (bicyclic) bond motifs is 1. The second-order valence-corrected chi connectivity index (χ2v) is 11.5. The first kappa shape index (κ1) is 30.7. The molecule has 2 aromatic heterocycles. The van der Waals surface area contributed by atoms with Gasteiger partial charge in [-0.1, -0.05) is 24.3 Å². The molecule has 1 aliphatic heterocycles. The van der Waals surface area contributed by atoms with Crippen LogP contribution in [0.1, 0.15) is 61.1 Å². The molecule has 0 unspecified atom stereocenters. The molecule has 1 saturated heterocycles. The highest BCUT2D eigenvalue weighted by Crippen LogP contribution is 2.34. The van der Waals surface area contributed by atoms with Crippen LogP contribution in [0, 0.1) is 5.82 Å². The lowest BCUT2D eigenvalue weighted by Crippen LogP contribution is -2.43. The molecule has 1 aliphatic rings. The zero-order valence-electron chi connectivity index (χ0n) is 24.3. The lowest BCUT2D eigenvalue weighted by molar-refractivity contribution is -0.137. The zero-order chi connectivity index (χ0) is 31.8. The van der Waals surface area contributed by atoms with Crippen molar-refractivity contribution in [2.24, 2.45) is 0 Å². The van der Waals surface area contributed by atoms with E-state index in [1.54, 1.807) is 33.8 Å². The Labute approximate surface area is 250 Å². The summed E-state index contributed by atoms with van der Waals surface area (Å²) < 4.78 is 60.0. The number of aromatic nitrogens is 4. The average Bonchev–Trinajstić information content (AvgIpc) is 3.36. The van der Waals surface area contributed by atoms with Gasteiger partial charge in [-0.25, -0.2) is 23.8 Å². The fourth-order valence-electron chi connectivity index (χ4n) is 5.03. The van der Waals surface area contributed by atoms with Crippen molar-refractivity contribution in [3.8, 4) is 11.3 Å². The zero-order valence-corrected chi connectivity index (χ0v) is 24.3. The van der Waals surface area contributed by atoms with Gasteiger partial charge in [-0.3, -0.25) is 4.79 Å². The molecule has 3 heterocycles. The first-order chi connectivity index (χ1) is 20.7. The summed E-state index contributed by atoms with van der Waals surface area (Å²) in [6.45, 7) is 6.40. The van der Waals surface area contributed by atoms with Crippen molar-refractivity contribution in [1.29, 1.82) is 0 Å². The Morgan fingerprint density at radius 1 is 1.09 bits per heavy atom. The van der Waals surface area contributed by atoms with Gasteiger partial charge in [0.05, 0.1) is 22.6 Å². The number of benzene rings is 2. The van der Waals surface area contributed by atoms with Crippen LogP contribution >= 0.6 is 0 Å². The minimum Gasteiger partial charge on any atom is -0.444 e. The van der Waals surface area contributed by atoms with E-state index in [-0.39, 0.29) is 18.4 Å². The Balaban J connectivity index is 1.34. The molecular formula is C30H31F4N7O3. The molecule has 10 nitrogen and oxygen atoms in total. The molecule has 0 spiro atoms. The van der Waals surface area contributed by atoms with Gasteiger partial charge in [0, 0.05) is 25.2 Å². The van der Waals surface area contributed by atoms with Crippen LogP contribution in [0.2, 0.25) is 0 Å². The fourth-order valence-corrected chi connectivity index (χ4v) is 5.03. The number of nitrogens with two attached hydrogens (primary N) is 1. The number of anilines is 1.